The summed E-state index contributed by atoms with van der Waals surface area (Å²) in [6.07, 6.45) is 0. The summed E-state index contributed by atoms with van der Waals surface area (Å²) in [5, 5.41) is 12.6. The number of para-hydroxylation sites is 1. The number of nitrogens with zero attached hydrogens (tertiary/aromatic N) is 3. The first kappa shape index (κ1) is 17.8. The second kappa shape index (κ2) is 7.25. The summed E-state index contributed by atoms with van der Waals surface area (Å²) in [5.74, 6) is 1.75. The fourth-order valence-corrected chi connectivity index (χ4v) is 3.70. The Labute approximate surface area is 174 Å². The van der Waals surface area contributed by atoms with E-state index in [1.54, 1.807) is 6.07 Å². The second-order valence-electron chi connectivity index (χ2n) is 6.59. The Balaban J connectivity index is 1.69. The number of fused-ring (bicyclic) bond motifs is 2. The third-order valence-electron chi connectivity index (χ3n) is 4.77. The van der Waals surface area contributed by atoms with Crippen LogP contribution in [0.1, 0.15) is 5.56 Å². The van der Waals surface area contributed by atoms with Crippen LogP contribution in [0.25, 0.3) is 33.2 Å². The highest BCUT2D eigenvalue weighted by atomic mass is 79.9. The Morgan fingerprint density at radius 1 is 0.897 bits per heavy atom. The van der Waals surface area contributed by atoms with Crippen LogP contribution in [-0.2, 0) is 6.67 Å². The molecule has 2 N–H and O–H groups in total. The number of aromatic amines is 1. The SMILES string of the molecule is FCc1ccccc1-c1nc(Nc2n[nH]c3ccc(Br)cc23)c2ccccc2n1. The van der Waals surface area contributed by atoms with E-state index >= 15 is 0 Å². The zero-order chi connectivity index (χ0) is 19.8. The molecular weight excluding hydrogens is 433 g/mol. The van der Waals surface area contributed by atoms with Gasteiger partial charge in [-0.25, -0.2) is 14.4 Å². The number of benzene rings is 3. The smallest absolute Gasteiger partial charge is 0.162 e. The topological polar surface area (TPSA) is 66.5 Å². The number of hydrogen-bond donors (Lipinski definition) is 2. The van der Waals surface area contributed by atoms with E-state index in [0.29, 0.717) is 28.6 Å². The Kier molecular flexibility index (Phi) is 4.44. The summed E-state index contributed by atoms with van der Waals surface area (Å²) < 4.78 is 14.5. The highest BCUT2D eigenvalue weighted by Crippen LogP contribution is 2.31. The highest BCUT2D eigenvalue weighted by molar-refractivity contribution is 9.10. The van der Waals surface area contributed by atoms with Crippen molar-refractivity contribution in [2.24, 2.45) is 0 Å². The van der Waals surface area contributed by atoms with E-state index < -0.39 is 6.67 Å². The van der Waals surface area contributed by atoms with Crippen molar-refractivity contribution in [3.8, 4) is 11.4 Å². The molecule has 0 aliphatic rings. The Hall–Kier alpha value is -3.32. The summed E-state index contributed by atoms with van der Waals surface area (Å²) in [5.41, 5.74) is 2.92. The average molecular weight is 448 g/mol. The van der Waals surface area contributed by atoms with Gasteiger partial charge in [-0.3, -0.25) is 5.10 Å². The molecule has 7 heteroatoms. The summed E-state index contributed by atoms with van der Waals surface area (Å²) in [7, 11) is 0. The predicted molar refractivity (Wildman–Crippen MR) is 117 cm³/mol. The number of H-pyrrole nitrogens is 1. The minimum atomic E-state index is -0.576. The van der Waals surface area contributed by atoms with Crippen molar-refractivity contribution in [1.82, 2.24) is 20.2 Å². The van der Waals surface area contributed by atoms with Gasteiger partial charge in [-0.15, -0.1) is 0 Å². The Morgan fingerprint density at radius 3 is 2.62 bits per heavy atom. The second-order valence-corrected chi connectivity index (χ2v) is 7.51. The van der Waals surface area contributed by atoms with Gasteiger partial charge in [0.2, 0.25) is 0 Å². The Morgan fingerprint density at radius 2 is 1.72 bits per heavy atom. The van der Waals surface area contributed by atoms with Crippen molar-refractivity contribution in [3.05, 3.63) is 76.8 Å². The van der Waals surface area contributed by atoms with Crippen molar-refractivity contribution in [1.29, 1.82) is 0 Å². The molecule has 3 aromatic carbocycles. The lowest BCUT2D eigenvalue weighted by Gasteiger charge is -2.11. The van der Waals surface area contributed by atoms with Crippen LogP contribution in [0.15, 0.2) is 71.2 Å². The molecule has 0 saturated carbocycles. The first-order valence-corrected chi connectivity index (χ1v) is 9.84. The van der Waals surface area contributed by atoms with Gasteiger partial charge in [-0.1, -0.05) is 52.3 Å². The van der Waals surface area contributed by atoms with Crippen molar-refractivity contribution in [2.45, 2.75) is 6.67 Å². The van der Waals surface area contributed by atoms with Crippen molar-refractivity contribution < 1.29 is 4.39 Å². The number of nitrogens with one attached hydrogen (secondary N) is 2. The van der Waals surface area contributed by atoms with Crippen molar-refractivity contribution in [2.75, 3.05) is 5.32 Å². The third kappa shape index (κ3) is 3.23. The molecule has 2 heterocycles. The fourth-order valence-electron chi connectivity index (χ4n) is 3.34. The molecule has 29 heavy (non-hydrogen) atoms. The largest absolute Gasteiger partial charge is 0.322 e. The number of alkyl halides is 1. The van der Waals surface area contributed by atoms with Gasteiger partial charge in [0.25, 0.3) is 0 Å². The molecule has 5 nitrogen and oxygen atoms in total. The standard InChI is InChI=1S/C22H15BrFN5/c23-14-9-10-19-17(11-14)22(29-28-19)27-21-16-7-3-4-8-18(16)25-20(26-21)15-6-2-1-5-13(15)12-24/h1-11H,12H2,(H2,25,26,27,28,29). The first-order chi connectivity index (χ1) is 14.2. The van der Waals surface area contributed by atoms with Gasteiger partial charge in [-0.2, -0.15) is 5.10 Å². The maximum atomic E-state index is 13.5. The van der Waals surface area contributed by atoms with E-state index in [1.165, 1.54) is 0 Å². The molecule has 2 aromatic heterocycles. The van der Waals surface area contributed by atoms with E-state index in [-0.39, 0.29) is 0 Å². The minimum absolute atomic E-state index is 0.473. The molecule has 0 unspecified atom stereocenters. The molecule has 142 valence electrons. The Bertz CT molecular complexity index is 1350. The van der Waals surface area contributed by atoms with E-state index in [2.05, 4.69) is 36.4 Å². The molecule has 0 spiro atoms. The van der Waals surface area contributed by atoms with Crippen LogP contribution < -0.4 is 5.32 Å². The summed E-state index contributed by atoms with van der Waals surface area (Å²) in [6, 6.07) is 20.9. The molecule has 0 fully saturated rings. The summed E-state index contributed by atoms with van der Waals surface area (Å²) in [6.45, 7) is -0.576. The van der Waals surface area contributed by atoms with Crippen LogP contribution >= 0.6 is 15.9 Å². The lowest BCUT2D eigenvalue weighted by molar-refractivity contribution is 0.486. The van der Waals surface area contributed by atoms with Crippen LogP contribution in [0.3, 0.4) is 0 Å². The first-order valence-electron chi connectivity index (χ1n) is 9.04. The third-order valence-corrected chi connectivity index (χ3v) is 5.26. The molecule has 0 aliphatic carbocycles. The predicted octanol–water partition coefficient (Wildman–Crippen LogP) is 6.15. The average Bonchev–Trinajstić information content (AvgIpc) is 3.15. The van der Waals surface area contributed by atoms with Crippen LogP contribution in [-0.4, -0.2) is 20.2 Å². The van der Waals surface area contributed by atoms with Gasteiger partial charge in [0.15, 0.2) is 11.6 Å². The zero-order valence-corrected chi connectivity index (χ0v) is 16.7. The van der Waals surface area contributed by atoms with Gasteiger partial charge in [0.1, 0.15) is 12.5 Å². The molecule has 0 saturated heterocycles. The molecule has 5 rings (SSSR count). The maximum Gasteiger partial charge on any atom is 0.162 e. The van der Waals surface area contributed by atoms with E-state index in [4.69, 9.17) is 4.98 Å². The van der Waals surface area contributed by atoms with Crippen LogP contribution in [0, 0.1) is 0 Å². The number of rotatable bonds is 4. The van der Waals surface area contributed by atoms with Gasteiger partial charge in [-0.05, 0) is 35.9 Å². The molecule has 0 bridgehead atoms. The number of anilines is 2. The molecule has 0 atom stereocenters. The zero-order valence-electron chi connectivity index (χ0n) is 15.2. The summed E-state index contributed by atoms with van der Waals surface area (Å²) in [4.78, 5) is 9.40. The quantitative estimate of drug-likeness (QED) is 0.346. The van der Waals surface area contributed by atoms with Crippen molar-refractivity contribution in [3.63, 3.8) is 0 Å². The van der Waals surface area contributed by atoms with E-state index in [1.807, 2.05) is 60.7 Å². The van der Waals surface area contributed by atoms with Crippen LogP contribution in [0.4, 0.5) is 16.0 Å². The molecule has 0 amide bonds. The van der Waals surface area contributed by atoms with Gasteiger partial charge in [0, 0.05) is 20.8 Å². The van der Waals surface area contributed by atoms with Gasteiger partial charge in [0.05, 0.1) is 11.0 Å². The molecule has 0 radical (unpaired) electrons. The molecule has 5 aromatic rings. The fraction of sp³-hybridized carbons (Fsp3) is 0.0455. The lowest BCUT2D eigenvalue weighted by Crippen LogP contribution is -2.01. The molecule has 0 aliphatic heterocycles. The monoisotopic (exact) mass is 447 g/mol. The lowest BCUT2D eigenvalue weighted by atomic mass is 10.1. The molecular formula is C22H15BrFN5. The summed E-state index contributed by atoms with van der Waals surface area (Å²) >= 11 is 3.50. The van der Waals surface area contributed by atoms with Crippen LogP contribution in [0.2, 0.25) is 0 Å². The highest BCUT2D eigenvalue weighted by Gasteiger charge is 2.14. The normalized spacial score (nSPS) is 11.2. The van der Waals surface area contributed by atoms with E-state index in [0.717, 1.165) is 26.3 Å². The van der Waals surface area contributed by atoms with E-state index in [9.17, 15) is 4.39 Å². The van der Waals surface area contributed by atoms with Crippen LogP contribution in [0.5, 0.6) is 0 Å². The maximum absolute atomic E-state index is 13.5. The van der Waals surface area contributed by atoms with Crippen molar-refractivity contribution >= 4 is 49.4 Å². The number of halogens is 2. The van der Waals surface area contributed by atoms with Gasteiger partial charge >= 0.3 is 0 Å². The van der Waals surface area contributed by atoms with Gasteiger partial charge < -0.3 is 5.32 Å². The number of hydrogen-bond acceptors (Lipinski definition) is 4. The number of aromatic nitrogens is 4. The minimum Gasteiger partial charge on any atom is -0.322 e.